The van der Waals surface area contributed by atoms with Gasteiger partial charge in [0.1, 0.15) is 10.5 Å². The van der Waals surface area contributed by atoms with E-state index in [1.807, 2.05) is 11.4 Å². The summed E-state index contributed by atoms with van der Waals surface area (Å²) in [5, 5.41) is 11.5. The van der Waals surface area contributed by atoms with Gasteiger partial charge in [-0.3, -0.25) is 4.79 Å². The first-order valence-corrected chi connectivity index (χ1v) is 11.9. The van der Waals surface area contributed by atoms with Crippen LogP contribution in [0.3, 0.4) is 0 Å². The van der Waals surface area contributed by atoms with Crippen LogP contribution in [-0.2, 0) is 12.3 Å². The Kier molecular flexibility index (Phi) is 6.19. The van der Waals surface area contributed by atoms with E-state index in [-0.39, 0.29) is 5.56 Å². The smallest absolute Gasteiger partial charge is 0.268 e. The fourth-order valence-corrected chi connectivity index (χ4v) is 5.03. The third-order valence-corrected chi connectivity index (χ3v) is 6.87. The fraction of sp³-hybridized carbons (Fsp3) is 0.333. The fourth-order valence-electron chi connectivity index (χ4n) is 3.43. The van der Waals surface area contributed by atoms with Gasteiger partial charge in [0.05, 0.1) is 11.3 Å². The molecule has 0 unspecified atom stereocenters. The first-order chi connectivity index (χ1) is 14.6. The summed E-state index contributed by atoms with van der Waals surface area (Å²) in [6.45, 7) is 9.12. The van der Waals surface area contributed by atoms with Crippen molar-refractivity contribution in [1.82, 2.24) is 24.7 Å². The molecule has 156 valence electrons. The highest BCUT2D eigenvalue weighted by atomic mass is 32.2. The van der Waals surface area contributed by atoms with Crippen molar-refractivity contribution in [3.63, 3.8) is 0 Å². The van der Waals surface area contributed by atoms with Gasteiger partial charge in [0.2, 0.25) is 0 Å². The number of hydrogen-bond donors (Lipinski definition) is 1. The lowest BCUT2D eigenvalue weighted by atomic mass is 10.2. The van der Waals surface area contributed by atoms with Crippen molar-refractivity contribution in [2.24, 2.45) is 0 Å². The second-order valence-electron chi connectivity index (χ2n) is 6.71. The van der Waals surface area contributed by atoms with Crippen LogP contribution in [0.25, 0.3) is 21.6 Å². The van der Waals surface area contributed by atoms with Gasteiger partial charge in [0.25, 0.3) is 5.56 Å². The first kappa shape index (κ1) is 20.6. The van der Waals surface area contributed by atoms with E-state index in [2.05, 4.69) is 74.7 Å². The number of aromatic nitrogens is 5. The predicted octanol–water partition coefficient (Wildman–Crippen LogP) is 4.40. The third-order valence-electron chi connectivity index (χ3n) is 4.99. The van der Waals surface area contributed by atoms with Crippen molar-refractivity contribution >= 4 is 39.0 Å². The van der Waals surface area contributed by atoms with Gasteiger partial charge in [-0.2, -0.15) is 0 Å². The lowest BCUT2D eigenvalue weighted by Gasteiger charge is -2.21. The average Bonchev–Trinajstić information content (AvgIpc) is 3.40. The van der Waals surface area contributed by atoms with E-state index in [1.54, 1.807) is 0 Å². The molecule has 0 amide bonds. The minimum atomic E-state index is -0.0865. The zero-order chi connectivity index (χ0) is 21.1. The quantitative estimate of drug-likeness (QED) is 0.409. The Balaban J connectivity index is 1.55. The van der Waals surface area contributed by atoms with Crippen molar-refractivity contribution in [3.8, 4) is 11.4 Å². The molecule has 9 heteroatoms. The maximum Gasteiger partial charge on any atom is 0.268 e. The highest BCUT2D eigenvalue weighted by Gasteiger charge is 2.15. The van der Waals surface area contributed by atoms with Crippen LogP contribution in [-0.4, -0.2) is 37.8 Å². The maximum absolute atomic E-state index is 12.2. The first-order valence-electron chi connectivity index (χ1n) is 10.0. The topological polar surface area (TPSA) is 79.7 Å². The summed E-state index contributed by atoms with van der Waals surface area (Å²) in [6.07, 6.45) is 0. The molecule has 0 aliphatic carbocycles. The zero-order valence-corrected chi connectivity index (χ0v) is 18.9. The standard InChI is InChI=1S/C21H24N6OS2/c1-4-26(5-2)15-9-7-14(8-10-15)19-24-25-21(27(19)6-3)30-13-17-22-16-11-12-29-18(16)20(28)23-17/h7-12H,4-6,13H2,1-3H3,(H,22,23,28). The summed E-state index contributed by atoms with van der Waals surface area (Å²) >= 11 is 2.93. The van der Waals surface area contributed by atoms with Crippen LogP contribution in [0.4, 0.5) is 5.69 Å². The molecule has 30 heavy (non-hydrogen) atoms. The second-order valence-corrected chi connectivity index (χ2v) is 8.56. The summed E-state index contributed by atoms with van der Waals surface area (Å²) in [6, 6.07) is 10.3. The minimum Gasteiger partial charge on any atom is -0.372 e. The van der Waals surface area contributed by atoms with Crippen LogP contribution < -0.4 is 10.5 Å². The van der Waals surface area contributed by atoms with E-state index in [1.165, 1.54) is 28.8 Å². The Bertz CT molecular complexity index is 1190. The average molecular weight is 441 g/mol. The molecule has 0 atom stereocenters. The molecule has 0 saturated heterocycles. The molecule has 0 saturated carbocycles. The SMILES string of the molecule is CCN(CC)c1ccc(-c2nnc(SCc3nc4ccsc4c(=O)[nH]3)n2CC)cc1. The minimum absolute atomic E-state index is 0.0865. The Hall–Kier alpha value is -2.65. The maximum atomic E-state index is 12.2. The lowest BCUT2D eigenvalue weighted by Crippen LogP contribution is -2.21. The lowest BCUT2D eigenvalue weighted by molar-refractivity contribution is 0.687. The molecule has 0 spiro atoms. The summed E-state index contributed by atoms with van der Waals surface area (Å²) < 4.78 is 2.76. The molecule has 3 aromatic heterocycles. The van der Waals surface area contributed by atoms with E-state index < -0.39 is 0 Å². The van der Waals surface area contributed by atoms with E-state index in [4.69, 9.17) is 0 Å². The van der Waals surface area contributed by atoms with Gasteiger partial charge in [-0.1, -0.05) is 11.8 Å². The zero-order valence-electron chi connectivity index (χ0n) is 17.3. The molecule has 0 aliphatic heterocycles. The summed E-state index contributed by atoms with van der Waals surface area (Å²) in [5.74, 6) is 2.02. The predicted molar refractivity (Wildman–Crippen MR) is 124 cm³/mol. The molecule has 0 radical (unpaired) electrons. The highest BCUT2D eigenvalue weighted by molar-refractivity contribution is 7.98. The number of benzene rings is 1. The molecule has 7 nitrogen and oxygen atoms in total. The number of thioether (sulfide) groups is 1. The van der Waals surface area contributed by atoms with Gasteiger partial charge in [0.15, 0.2) is 11.0 Å². The van der Waals surface area contributed by atoms with Crippen molar-refractivity contribution in [2.75, 3.05) is 18.0 Å². The van der Waals surface area contributed by atoms with E-state index in [9.17, 15) is 4.79 Å². The van der Waals surface area contributed by atoms with Crippen molar-refractivity contribution in [2.45, 2.75) is 38.2 Å². The van der Waals surface area contributed by atoms with Crippen LogP contribution in [0, 0.1) is 0 Å². The van der Waals surface area contributed by atoms with Crippen LogP contribution in [0.1, 0.15) is 26.6 Å². The normalized spacial score (nSPS) is 11.3. The molecule has 0 bridgehead atoms. The van der Waals surface area contributed by atoms with E-state index in [0.29, 0.717) is 16.3 Å². The van der Waals surface area contributed by atoms with Crippen LogP contribution in [0.15, 0.2) is 45.7 Å². The molecule has 0 fully saturated rings. The van der Waals surface area contributed by atoms with Gasteiger partial charge < -0.3 is 14.5 Å². The molecule has 1 N–H and O–H groups in total. The Morgan fingerprint density at radius 2 is 1.87 bits per heavy atom. The van der Waals surface area contributed by atoms with Crippen molar-refractivity contribution in [3.05, 3.63) is 51.9 Å². The molecular formula is C21H24N6OS2. The Morgan fingerprint density at radius 3 is 2.57 bits per heavy atom. The number of nitrogens with one attached hydrogen (secondary N) is 1. The number of hydrogen-bond acceptors (Lipinski definition) is 7. The second kappa shape index (κ2) is 9.01. The van der Waals surface area contributed by atoms with Crippen LogP contribution in [0.5, 0.6) is 0 Å². The molecule has 4 aromatic rings. The number of nitrogens with zero attached hydrogens (tertiary/aromatic N) is 5. The summed E-state index contributed by atoms with van der Waals surface area (Å²) in [7, 11) is 0. The van der Waals surface area contributed by atoms with Crippen molar-refractivity contribution < 1.29 is 0 Å². The Labute approximate surface area is 183 Å². The van der Waals surface area contributed by atoms with E-state index in [0.717, 1.165) is 41.7 Å². The van der Waals surface area contributed by atoms with Gasteiger partial charge in [-0.05, 0) is 56.5 Å². The van der Waals surface area contributed by atoms with Gasteiger partial charge in [-0.25, -0.2) is 4.98 Å². The number of thiophene rings is 1. The number of rotatable bonds is 8. The third kappa shape index (κ3) is 3.99. The number of anilines is 1. The van der Waals surface area contributed by atoms with Crippen molar-refractivity contribution in [1.29, 1.82) is 0 Å². The monoisotopic (exact) mass is 440 g/mol. The molecule has 0 aliphatic rings. The molecule has 3 heterocycles. The van der Waals surface area contributed by atoms with Gasteiger partial charge in [-0.15, -0.1) is 21.5 Å². The summed E-state index contributed by atoms with van der Waals surface area (Å²) in [4.78, 5) is 21.9. The number of aromatic amines is 1. The van der Waals surface area contributed by atoms with E-state index >= 15 is 0 Å². The number of H-pyrrole nitrogens is 1. The van der Waals surface area contributed by atoms with Gasteiger partial charge in [0, 0.05) is 30.9 Å². The van der Waals surface area contributed by atoms with Crippen LogP contribution >= 0.6 is 23.1 Å². The van der Waals surface area contributed by atoms with Crippen LogP contribution in [0.2, 0.25) is 0 Å². The largest absolute Gasteiger partial charge is 0.372 e. The molecular weight excluding hydrogens is 416 g/mol. The summed E-state index contributed by atoms with van der Waals surface area (Å²) in [5.41, 5.74) is 2.90. The highest BCUT2D eigenvalue weighted by Crippen LogP contribution is 2.27. The molecule has 1 aromatic carbocycles. The van der Waals surface area contributed by atoms with Gasteiger partial charge >= 0.3 is 0 Å². The number of fused-ring (bicyclic) bond motifs is 1. The Morgan fingerprint density at radius 1 is 1.10 bits per heavy atom. The molecule has 4 rings (SSSR count).